The Bertz CT molecular complexity index is 3610. The van der Waals surface area contributed by atoms with Crippen molar-refractivity contribution in [3.8, 4) is 22.5 Å². The lowest BCUT2D eigenvalue weighted by Gasteiger charge is -2.34. The van der Waals surface area contributed by atoms with Gasteiger partial charge in [0, 0.05) is 110 Å². The zero-order chi connectivity index (χ0) is 53.7. The second-order valence-corrected chi connectivity index (χ2v) is 27.1. The zero-order valence-corrected chi connectivity index (χ0v) is 47.2. The summed E-state index contributed by atoms with van der Waals surface area (Å²) in [5.74, 6) is 1.37. The number of piperidine rings is 2. The Morgan fingerprint density at radius 2 is 1.20 bits per heavy atom. The molecule has 0 aliphatic carbocycles. The zero-order valence-electron chi connectivity index (χ0n) is 44.0. The number of carbonyl (C=O) groups excluding carboxylic acids is 1. The van der Waals surface area contributed by atoms with Gasteiger partial charge in [0.1, 0.15) is 14.0 Å². The van der Waals surface area contributed by atoms with E-state index in [0.29, 0.717) is 61.4 Å². The molecule has 8 aromatic heterocycles. The van der Waals surface area contributed by atoms with Crippen LogP contribution in [0.25, 0.3) is 33.8 Å². The fourth-order valence-corrected chi connectivity index (χ4v) is 14.5. The summed E-state index contributed by atoms with van der Waals surface area (Å²) in [7, 11) is 2.75. The average Bonchev–Trinajstić information content (AvgIpc) is 4.24. The van der Waals surface area contributed by atoms with Crippen LogP contribution in [0.5, 0.6) is 0 Å². The monoisotopic (exact) mass is 1100 g/mol. The van der Waals surface area contributed by atoms with Crippen molar-refractivity contribution < 1.29 is 26.4 Å². The molecule has 10 rings (SSSR count). The number of ether oxygens (including phenoxy) is 1. The quantitative estimate of drug-likeness (QED) is 0.107. The summed E-state index contributed by atoms with van der Waals surface area (Å²) in [6.07, 6.45) is 18.6. The molecule has 8 aromatic rings. The molecule has 10 heterocycles. The predicted molar refractivity (Wildman–Crippen MR) is 291 cm³/mol. The van der Waals surface area contributed by atoms with Gasteiger partial charge >= 0.3 is 6.09 Å². The third-order valence-electron chi connectivity index (χ3n) is 12.9. The molecular weight excluding hydrogens is 1040 g/mol. The number of aryl methyl sites for hydroxylation is 4. The molecule has 400 valence electrons. The molecule has 2 aliphatic rings. The Balaban J connectivity index is 0.000000187. The number of amides is 1. The maximum absolute atomic E-state index is 12.9. The molecule has 0 aromatic carbocycles. The van der Waals surface area contributed by atoms with E-state index < -0.39 is 25.6 Å². The van der Waals surface area contributed by atoms with Gasteiger partial charge in [0.25, 0.3) is 20.0 Å². The third-order valence-corrected chi connectivity index (χ3v) is 20.0. The van der Waals surface area contributed by atoms with Gasteiger partial charge < -0.3 is 25.6 Å². The molecule has 0 spiro atoms. The number of anilines is 4. The molecule has 2 atom stereocenters. The highest BCUT2D eigenvalue weighted by Gasteiger charge is 2.31. The van der Waals surface area contributed by atoms with Gasteiger partial charge in [0.15, 0.2) is 22.9 Å². The number of hydrogen-bond acceptors (Lipinski definition) is 17. The molecular formula is C49H64N16O6S4. The van der Waals surface area contributed by atoms with Crippen molar-refractivity contribution in [2.45, 2.75) is 86.2 Å². The highest BCUT2D eigenvalue weighted by Crippen LogP contribution is 2.38. The maximum Gasteiger partial charge on any atom is 0.410 e. The molecule has 22 nitrogen and oxygen atoms in total. The molecule has 26 heteroatoms. The predicted octanol–water partition coefficient (Wildman–Crippen LogP) is 7.57. The Kier molecular flexibility index (Phi) is 15.0. The topological polar surface area (TPSA) is 236 Å². The van der Waals surface area contributed by atoms with Crippen molar-refractivity contribution in [2.75, 3.05) is 65.0 Å². The van der Waals surface area contributed by atoms with Gasteiger partial charge in [-0.3, -0.25) is 18.2 Å². The van der Waals surface area contributed by atoms with E-state index in [9.17, 15) is 21.6 Å². The molecule has 0 radical (unpaired) electrons. The van der Waals surface area contributed by atoms with Crippen molar-refractivity contribution in [2.24, 2.45) is 14.1 Å². The van der Waals surface area contributed by atoms with Gasteiger partial charge in [-0.25, -0.2) is 50.2 Å². The van der Waals surface area contributed by atoms with Gasteiger partial charge in [0.2, 0.25) is 0 Å². The van der Waals surface area contributed by atoms with E-state index in [0.717, 1.165) is 84.0 Å². The Morgan fingerprint density at radius 3 is 1.63 bits per heavy atom. The van der Waals surface area contributed by atoms with Gasteiger partial charge in [0.05, 0.1) is 57.6 Å². The smallest absolute Gasteiger partial charge is 0.410 e. The molecule has 2 fully saturated rings. The average molecular weight is 1100 g/mol. The molecule has 2 unspecified atom stereocenters. The molecule has 2 saturated heterocycles. The molecule has 1 amide bonds. The fourth-order valence-electron chi connectivity index (χ4n) is 9.06. The normalized spacial score (nSPS) is 16.7. The van der Waals surface area contributed by atoms with E-state index >= 15 is 0 Å². The van der Waals surface area contributed by atoms with E-state index in [1.807, 2.05) is 86.8 Å². The van der Waals surface area contributed by atoms with Gasteiger partial charge in [-0.15, -0.1) is 22.7 Å². The summed E-state index contributed by atoms with van der Waals surface area (Å²) in [4.78, 5) is 33.9. The van der Waals surface area contributed by atoms with Gasteiger partial charge in [-0.1, -0.05) is 0 Å². The number of nitrogens with zero attached hydrogens (tertiary/aromatic N) is 13. The van der Waals surface area contributed by atoms with Crippen LogP contribution in [0.1, 0.15) is 80.8 Å². The minimum Gasteiger partial charge on any atom is -0.444 e. The number of fused-ring (bicyclic) bond motifs is 2. The van der Waals surface area contributed by atoms with Gasteiger partial charge in [-0.05, 0) is 90.1 Å². The number of aromatic nitrogens is 10. The largest absolute Gasteiger partial charge is 0.444 e. The number of carbonyl (C=O) groups is 1. The number of thiophene rings is 2. The van der Waals surface area contributed by atoms with E-state index in [1.165, 1.54) is 34.0 Å². The van der Waals surface area contributed by atoms with Crippen LogP contribution in [0.15, 0.2) is 70.1 Å². The molecule has 0 bridgehead atoms. The van der Waals surface area contributed by atoms with Crippen molar-refractivity contribution in [1.29, 1.82) is 0 Å². The summed E-state index contributed by atoms with van der Waals surface area (Å²) in [6.45, 7) is 12.2. The first-order valence-electron chi connectivity index (χ1n) is 24.5. The lowest BCUT2D eigenvalue weighted by atomic mass is 9.95. The maximum atomic E-state index is 12.9. The second kappa shape index (κ2) is 21.0. The minimum atomic E-state index is -3.59. The van der Waals surface area contributed by atoms with Crippen LogP contribution >= 0.6 is 22.7 Å². The van der Waals surface area contributed by atoms with Crippen LogP contribution in [0, 0.1) is 13.8 Å². The van der Waals surface area contributed by atoms with E-state index in [2.05, 4.69) is 42.3 Å². The molecule has 3 N–H and O–H groups in total. The van der Waals surface area contributed by atoms with E-state index in [-0.39, 0.29) is 22.1 Å². The van der Waals surface area contributed by atoms with Crippen LogP contribution in [0.2, 0.25) is 0 Å². The van der Waals surface area contributed by atoms with Crippen molar-refractivity contribution in [3.05, 3.63) is 84.2 Å². The first kappa shape index (κ1) is 53.5. The summed E-state index contributed by atoms with van der Waals surface area (Å²) >= 11 is 2.36. The lowest BCUT2D eigenvalue weighted by Crippen LogP contribution is -2.42. The SMILES string of the molecule is Cc1cc(Nc2nc(C3CCCN(C(=O)OC(C)(C)C)C3)cn3c(-c4cnn(C)c4)cnc23)sc1S(=O)(=O)N(C)C.Cc1cc(Nc2nc(C3CCCNC3)cn3c(-c4cnn(C)c4)cnc23)sc1S(=O)(=O)N(C)C. The van der Waals surface area contributed by atoms with Crippen LogP contribution in [-0.2, 0) is 38.9 Å². The molecule has 75 heavy (non-hydrogen) atoms. The number of imidazole rings is 2. The first-order chi connectivity index (χ1) is 35.5. The number of nitrogens with one attached hydrogen (secondary N) is 3. The molecule has 2 aliphatic heterocycles. The Labute approximate surface area is 444 Å². The van der Waals surface area contributed by atoms with Crippen LogP contribution in [0.3, 0.4) is 0 Å². The van der Waals surface area contributed by atoms with Crippen LogP contribution < -0.4 is 16.0 Å². The summed E-state index contributed by atoms with van der Waals surface area (Å²) in [5, 5.41) is 20.1. The first-order valence-corrected chi connectivity index (χ1v) is 29.0. The Hall–Kier alpha value is -6.29. The standard InChI is InChI=1S/C27H36N8O4S2.C22H28N8O2S2/c1-17-11-22(40-25(17)41(37,38)32(5)6)31-23-24-28-13-21(19-12-29-33(7)14-19)35(24)16-20(30-23)18-9-8-10-34(15-18)26(36)39-27(2,3)4;1-14-8-19(33-22(14)34(31,32)28(2)3)27-20-21-24-11-18(16-10-25-29(4)12-16)30(21)13-17(26-20)15-6-5-7-23-9-15/h11-14,16,18H,8-10,15H2,1-7H3,(H,30,31);8,10-13,15,23H,5-7,9H2,1-4H3,(H,26,27). The highest BCUT2D eigenvalue weighted by atomic mass is 32.3. The van der Waals surface area contributed by atoms with Crippen molar-refractivity contribution in [1.82, 2.24) is 67.1 Å². The third kappa shape index (κ3) is 11.3. The number of likely N-dealkylation sites (tertiary alicyclic amines) is 1. The number of hydrogen-bond donors (Lipinski definition) is 3. The summed E-state index contributed by atoms with van der Waals surface area (Å²) in [5.41, 5.74) is 7.44. The summed E-state index contributed by atoms with van der Waals surface area (Å²) in [6, 6.07) is 3.65. The van der Waals surface area contributed by atoms with E-state index in [1.54, 1.807) is 54.6 Å². The Morgan fingerprint density at radius 1 is 0.720 bits per heavy atom. The summed E-state index contributed by atoms with van der Waals surface area (Å²) < 4.78 is 67.3. The van der Waals surface area contributed by atoms with Crippen molar-refractivity contribution in [3.63, 3.8) is 0 Å². The minimum absolute atomic E-state index is 0.0277. The van der Waals surface area contributed by atoms with Gasteiger partial charge in [-0.2, -0.15) is 10.2 Å². The van der Waals surface area contributed by atoms with E-state index in [4.69, 9.17) is 14.7 Å². The van der Waals surface area contributed by atoms with Crippen LogP contribution in [0.4, 0.5) is 26.4 Å². The van der Waals surface area contributed by atoms with Crippen molar-refractivity contribution >= 4 is 81.7 Å². The number of rotatable bonds is 12. The fraction of sp³-hybridized carbons (Fsp3) is 0.449. The molecule has 0 saturated carbocycles. The lowest BCUT2D eigenvalue weighted by molar-refractivity contribution is 0.0197. The van der Waals surface area contributed by atoms with Crippen LogP contribution in [-0.4, -0.2) is 145 Å². The second-order valence-electron chi connectivity index (χ2n) is 20.3. The highest BCUT2D eigenvalue weighted by molar-refractivity contribution is 7.91. The number of sulfonamides is 2.